The molecule has 2 aromatic rings. The number of carbonyl (C=O) groups is 1. The molecule has 150 valence electrons. The van der Waals surface area contributed by atoms with Gasteiger partial charge in [-0.2, -0.15) is 0 Å². The number of nitrogens with one attached hydrogen (secondary N) is 2. The average Bonchev–Trinajstić information content (AvgIpc) is 3.49. The lowest BCUT2D eigenvalue weighted by Crippen LogP contribution is -2.41. The van der Waals surface area contributed by atoms with Gasteiger partial charge in [-0.3, -0.25) is 4.79 Å². The molecule has 7 heteroatoms. The Morgan fingerprint density at radius 2 is 1.71 bits per heavy atom. The summed E-state index contributed by atoms with van der Waals surface area (Å²) in [4.78, 5) is 14.8. The van der Waals surface area contributed by atoms with Crippen LogP contribution in [0.3, 0.4) is 0 Å². The van der Waals surface area contributed by atoms with Gasteiger partial charge in [0.25, 0.3) is 5.91 Å². The normalized spacial score (nSPS) is 15.4. The number of hydrogen-bond donors (Lipinski definition) is 2. The van der Waals surface area contributed by atoms with Crippen molar-refractivity contribution in [1.82, 2.24) is 14.9 Å². The fourth-order valence-electron chi connectivity index (χ4n) is 2.91. The van der Waals surface area contributed by atoms with Gasteiger partial charge in [-0.15, -0.1) is 0 Å². The molecule has 1 fully saturated rings. The summed E-state index contributed by atoms with van der Waals surface area (Å²) in [5.41, 5.74) is 1.66. The highest BCUT2D eigenvalue weighted by Crippen LogP contribution is 2.22. The molecule has 0 radical (unpaired) electrons. The van der Waals surface area contributed by atoms with Crippen molar-refractivity contribution < 1.29 is 13.2 Å². The zero-order valence-corrected chi connectivity index (χ0v) is 17.1. The van der Waals surface area contributed by atoms with Crippen LogP contribution in [0.1, 0.15) is 28.8 Å². The second kappa shape index (κ2) is 8.86. The zero-order chi connectivity index (χ0) is 20.1. The molecule has 0 aromatic heterocycles. The van der Waals surface area contributed by atoms with Crippen LogP contribution in [0.5, 0.6) is 0 Å². The molecule has 0 spiro atoms. The van der Waals surface area contributed by atoms with Crippen molar-refractivity contribution in [3.05, 3.63) is 65.7 Å². The number of benzene rings is 2. The number of hydrogen-bond acceptors (Lipinski definition) is 4. The van der Waals surface area contributed by atoms with Crippen LogP contribution in [0.4, 0.5) is 0 Å². The summed E-state index contributed by atoms with van der Waals surface area (Å²) in [6.45, 7) is 0.504. The van der Waals surface area contributed by atoms with Crippen molar-refractivity contribution >= 4 is 15.9 Å². The highest BCUT2D eigenvalue weighted by atomic mass is 32.2. The fraction of sp³-hybridized carbons (Fsp3) is 0.381. The van der Waals surface area contributed by atoms with Gasteiger partial charge >= 0.3 is 0 Å². The summed E-state index contributed by atoms with van der Waals surface area (Å²) in [6.07, 6.45) is 2.60. The van der Waals surface area contributed by atoms with E-state index in [1.54, 1.807) is 12.1 Å². The molecule has 1 aliphatic carbocycles. The van der Waals surface area contributed by atoms with E-state index in [9.17, 15) is 13.2 Å². The Morgan fingerprint density at radius 1 is 1.07 bits per heavy atom. The van der Waals surface area contributed by atoms with Gasteiger partial charge in [0.15, 0.2) is 0 Å². The lowest BCUT2D eigenvalue weighted by atomic mass is 10.1. The molecule has 0 aliphatic heterocycles. The maximum atomic E-state index is 12.5. The molecule has 1 amide bonds. The summed E-state index contributed by atoms with van der Waals surface area (Å²) < 4.78 is 27.1. The Morgan fingerprint density at radius 3 is 2.29 bits per heavy atom. The van der Waals surface area contributed by atoms with E-state index in [0.717, 1.165) is 19.3 Å². The number of sulfonamides is 1. The van der Waals surface area contributed by atoms with Crippen LogP contribution in [0, 0.1) is 0 Å². The molecule has 0 bridgehead atoms. The van der Waals surface area contributed by atoms with Crippen LogP contribution in [-0.2, 0) is 16.4 Å². The third-order valence-corrected chi connectivity index (χ3v) is 6.41. The van der Waals surface area contributed by atoms with Gasteiger partial charge in [0, 0.05) is 24.2 Å². The summed E-state index contributed by atoms with van der Waals surface area (Å²) in [6, 6.07) is 16.4. The summed E-state index contributed by atoms with van der Waals surface area (Å²) in [5, 5.41) is 2.96. The van der Waals surface area contributed by atoms with Crippen LogP contribution < -0.4 is 10.0 Å². The summed E-state index contributed by atoms with van der Waals surface area (Å²) >= 11 is 0. The van der Waals surface area contributed by atoms with Gasteiger partial charge in [-0.05, 0) is 63.2 Å². The molecule has 0 heterocycles. The molecular weight excluding hydrogens is 374 g/mol. The molecule has 0 unspecified atom stereocenters. The van der Waals surface area contributed by atoms with Crippen LogP contribution in [0.25, 0.3) is 0 Å². The largest absolute Gasteiger partial charge is 0.350 e. The average molecular weight is 402 g/mol. The van der Waals surface area contributed by atoms with E-state index >= 15 is 0 Å². The number of rotatable bonds is 9. The van der Waals surface area contributed by atoms with E-state index < -0.39 is 10.0 Å². The highest BCUT2D eigenvalue weighted by Gasteiger charge is 2.28. The molecule has 3 rings (SSSR count). The third-order valence-electron chi connectivity index (χ3n) is 4.87. The van der Waals surface area contributed by atoms with E-state index in [4.69, 9.17) is 0 Å². The monoisotopic (exact) mass is 401 g/mol. The van der Waals surface area contributed by atoms with E-state index in [0.29, 0.717) is 12.1 Å². The summed E-state index contributed by atoms with van der Waals surface area (Å²) in [7, 11) is 0.485. The van der Waals surface area contributed by atoms with E-state index in [-0.39, 0.29) is 22.9 Å². The van der Waals surface area contributed by atoms with Crippen LogP contribution in [0.2, 0.25) is 0 Å². The number of amides is 1. The predicted molar refractivity (Wildman–Crippen MR) is 110 cm³/mol. The first-order chi connectivity index (χ1) is 13.3. The van der Waals surface area contributed by atoms with Crippen molar-refractivity contribution in [3.8, 4) is 0 Å². The molecule has 2 N–H and O–H groups in total. The molecule has 1 saturated carbocycles. The van der Waals surface area contributed by atoms with Gasteiger partial charge in [-0.1, -0.05) is 30.3 Å². The van der Waals surface area contributed by atoms with Gasteiger partial charge in [-0.25, -0.2) is 13.1 Å². The second-order valence-electron chi connectivity index (χ2n) is 7.44. The molecule has 2 aromatic carbocycles. The predicted octanol–water partition coefficient (Wildman–Crippen LogP) is 2.03. The Balaban J connectivity index is 1.58. The Hall–Kier alpha value is -2.22. The fourth-order valence-corrected chi connectivity index (χ4v) is 4.22. The molecule has 28 heavy (non-hydrogen) atoms. The van der Waals surface area contributed by atoms with Crippen LogP contribution in [-0.4, -0.2) is 51.9 Å². The van der Waals surface area contributed by atoms with Gasteiger partial charge < -0.3 is 10.2 Å². The topological polar surface area (TPSA) is 78.5 Å². The standard InChI is InChI=1S/C21H27N3O3S/c1-24(2)19(14-16-6-4-3-5-7-16)15-22-21(25)17-8-12-20(13-9-17)28(26,27)23-18-10-11-18/h3-9,12-13,18-19,23H,10-11,14-15H2,1-2H3,(H,22,25)/t19-/m1/s1. The molecular formula is C21H27N3O3S. The minimum Gasteiger partial charge on any atom is -0.350 e. The Bertz CT molecular complexity index is 892. The van der Waals surface area contributed by atoms with Crippen molar-refractivity contribution in [3.63, 3.8) is 0 Å². The quantitative estimate of drug-likeness (QED) is 0.674. The first-order valence-electron chi connectivity index (χ1n) is 9.46. The molecule has 1 aliphatic rings. The van der Waals surface area contributed by atoms with Gasteiger partial charge in [0.05, 0.1) is 4.90 Å². The zero-order valence-electron chi connectivity index (χ0n) is 16.3. The molecule has 0 saturated heterocycles. The lowest BCUT2D eigenvalue weighted by Gasteiger charge is -2.24. The Labute approximate surface area is 167 Å². The number of likely N-dealkylation sites (N-methyl/N-ethyl adjacent to an activating group) is 1. The smallest absolute Gasteiger partial charge is 0.251 e. The Kier molecular flexibility index (Phi) is 6.49. The first-order valence-corrected chi connectivity index (χ1v) is 10.9. The van der Waals surface area contributed by atoms with Crippen LogP contribution in [0.15, 0.2) is 59.5 Å². The molecule has 6 nitrogen and oxygen atoms in total. The van der Waals surface area contributed by atoms with E-state index in [1.165, 1.54) is 17.7 Å². The van der Waals surface area contributed by atoms with Gasteiger partial charge in [0.2, 0.25) is 10.0 Å². The van der Waals surface area contributed by atoms with Gasteiger partial charge in [0.1, 0.15) is 0 Å². The minimum atomic E-state index is -3.50. The van der Waals surface area contributed by atoms with Crippen molar-refractivity contribution in [2.75, 3.05) is 20.6 Å². The summed E-state index contributed by atoms with van der Waals surface area (Å²) in [5.74, 6) is -0.209. The number of carbonyl (C=O) groups excluding carboxylic acids is 1. The van der Waals surface area contributed by atoms with Crippen molar-refractivity contribution in [1.29, 1.82) is 0 Å². The lowest BCUT2D eigenvalue weighted by molar-refractivity contribution is 0.0941. The molecule has 1 atom stereocenters. The maximum absolute atomic E-state index is 12.5. The SMILES string of the molecule is CN(C)[C@@H](CNC(=O)c1ccc(S(=O)(=O)NC2CC2)cc1)Cc1ccccc1. The first kappa shape index (κ1) is 20.5. The minimum absolute atomic E-state index is 0.0561. The maximum Gasteiger partial charge on any atom is 0.251 e. The van der Waals surface area contributed by atoms with Crippen LogP contribution >= 0.6 is 0 Å². The third kappa shape index (κ3) is 5.64. The van der Waals surface area contributed by atoms with E-state index in [1.807, 2.05) is 32.3 Å². The number of nitrogens with zero attached hydrogens (tertiary/aromatic N) is 1. The second-order valence-corrected chi connectivity index (χ2v) is 9.15. The van der Waals surface area contributed by atoms with E-state index in [2.05, 4.69) is 27.1 Å². The van der Waals surface area contributed by atoms with Crippen molar-refractivity contribution in [2.45, 2.75) is 36.2 Å². The highest BCUT2D eigenvalue weighted by molar-refractivity contribution is 7.89. The van der Waals surface area contributed by atoms with Crippen molar-refractivity contribution in [2.24, 2.45) is 0 Å².